The van der Waals surface area contributed by atoms with Gasteiger partial charge in [0.05, 0.1) is 24.0 Å². The van der Waals surface area contributed by atoms with Crippen LogP contribution in [0.5, 0.6) is 5.88 Å². The fourth-order valence-corrected chi connectivity index (χ4v) is 1.98. The van der Waals surface area contributed by atoms with E-state index in [1.54, 1.807) is 6.20 Å². The average Bonchev–Trinajstić information content (AvgIpc) is 2.34. The van der Waals surface area contributed by atoms with Gasteiger partial charge in [-0.15, -0.1) is 0 Å². The highest BCUT2D eigenvalue weighted by molar-refractivity contribution is 9.10. The molecule has 0 aliphatic heterocycles. The van der Waals surface area contributed by atoms with Gasteiger partial charge in [-0.25, -0.2) is 4.98 Å². The lowest BCUT2D eigenvalue weighted by Crippen LogP contribution is -1.96. The maximum Gasteiger partial charge on any atom is 0.235 e. The van der Waals surface area contributed by atoms with Crippen LogP contribution in [0.3, 0.4) is 0 Å². The smallest absolute Gasteiger partial charge is 0.235 e. The molecule has 0 aliphatic rings. The van der Waals surface area contributed by atoms with Crippen LogP contribution in [-0.2, 0) is 0 Å². The first-order valence-corrected chi connectivity index (χ1v) is 5.98. The van der Waals surface area contributed by atoms with E-state index in [0.29, 0.717) is 22.3 Å². The summed E-state index contributed by atoms with van der Waals surface area (Å²) in [5, 5.41) is 0.598. The minimum absolute atomic E-state index is 0.401. The lowest BCUT2D eigenvalue weighted by Gasteiger charge is -2.08. The van der Waals surface area contributed by atoms with Crippen LogP contribution in [0.1, 0.15) is 5.69 Å². The normalized spacial score (nSPS) is 10.4. The zero-order valence-electron chi connectivity index (χ0n) is 9.08. The van der Waals surface area contributed by atoms with Gasteiger partial charge in [-0.05, 0) is 22.0 Å². The molecule has 0 saturated heterocycles. The average molecular weight is 313 g/mol. The zero-order valence-corrected chi connectivity index (χ0v) is 11.4. The third kappa shape index (κ3) is 2.42. The molecule has 1 heterocycles. The second kappa shape index (κ2) is 5.02. The summed E-state index contributed by atoms with van der Waals surface area (Å²) in [5.41, 5.74) is 1.95. The van der Waals surface area contributed by atoms with E-state index < -0.39 is 0 Å². The van der Waals surface area contributed by atoms with Gasteiger partial charge >= 0.3 is 0 Å². The maximum absolute atomic E-state index is 6.19. The van der Waals surface area contributed by atoms with E-state index in [0.717, 1.165) is 10.0 Å². The molecule has 0 spiro atoms. The lowest BCUT2D eigenvalue weighted by molar-refractivity contribution is 0.394. The Labute approximate surface area is 113 Å². The third-order valence-electron chi connectivity index (χ3n) is 2.23. The van der Waals surface area contributed by atoms with Crippen molar-refractivity contribution in [1.29, 1.82) is 0 Å². The highest BCUT2D eigenvalue weighted by Gasteiger charge is 2.10. The predicted octanol–water partition coefficient (Wildman–Crippen LogP) is 3.75. The molecule has 0 N–H and O–H groups in total. The number of rotatable bonds is 2. The third-order valence-corrected chi connectivity index (χ3v) is 3.53. The van der Waals surface area contributed by atoms with Crippen molar-refractivity contribution in [3.8, 4) is 17.1 Å². The molecule has 1 aromatic carbocycles. The van der Waals surface area contributed by atoms with Gasteiger partial charge in [0.25, 0.3) is 0 Å². The van der Waals surface area contributed by atoms with Gasteiger partial charge < -0.3 is 4.74 Å². The molecule has 0 amide bonds. The molecule has 2 aromatic rings. The Bertz CT molecular complexity index is 560. The van der Waals surface area contributed by atoms with Gasteiger partial charge in [0, 0.05) is 17.0 Å². The standard InChI is InChI=1S/C12H9BrClN2O/c1-7-12(17-2)16-10(6-15-7)8-4-3-5-9(13)11(8)14/h3-6H,1H2,2H3. The monoisotopic (exact) mass is 311 g/mol. The molecule has 0 unspecified atom stereocenters. The van der Waals surface area contributed by atoms with E-state index in [9.17, 15) is 0 Å². The number of halogens is 2. The van der Waals surface area contributed by atoms with Gasteiger partial charge in [-0.3, -0.25) is 4.98 Å². The Hall–Kier alpha value is -1.13. The van der Waals surface area contributed by atoms with Gasteiger partial charge in [0.15, 0.2) is 0 Å². The molecule has 87 valence electrons. The molecular formula is C12H9BrClN2O. The summed E-state index contributed by atoms with van der Waals surface area (Å²) in [5.74, 6) is 0.401. The summed E-state index contributed by atoms with van der Waals surface area (Å²) in [6, 6.07) is 5.63. The molecule has 5 heteroatoms. The minimum atomic E-state index is 0.401. The first-order valence-electron chi connectivity index (χ1n) is 4.81. The zero-order chi connectivity index (χ0) is 12.4. The summed E-state index contributed by atoms with van der Waals surface area (Å²) >= 11 is 9.56. The molecule has 3 nitrogen and oxygen atoms in total. The summed E-state index contributed by atoms with van der Waals surface area (Å²) in [6.45, 7) is 3.73. The molecule has 2 rings (SSSR count). The lowest BCUT2D eigenvalue weighted by atomic mass is 10.1. The van der Waals surface area contributed by atoms with E-state index in [-0.39, 0.29) is 0 Å². The summed E-state index contributed by atoms with van der Waals surface area (Å²) in [4.78, 5) is 8.43. The van der Waals surface area contributed by atoms with E-state index in [1.807, 2.05) is 18.2 Å². The molecule has 1 aromatic heterocycles. The highest BCUT2D eigenvalue weighted by atomic mass is 79.9. The van der Waals surface area contributed by atoms with Crippen LogP contribution in [0.2, 0.25) is 5.02 Å². The van der Waals surface area contributed by atoms with E-state index >= 15 is 0 Å². The summed E-state index contributed by atoms with van der Waals surface area (Å²) < 4.78 is 5.90. The summed E-state index contributed by atoms with van der Waals surface area (Å²) in [6.07, 6.45) is 1.62. The minimum Gasteiger partial charge on any atom is -0.480 e. The van der Waals surface area contributed by atoms with Crippen molar-refractivity contribution in [3.05, 3.63) is 46.5 Å². The number of nitrogens with zero attached hydrogens (tertiary/aromatic N) is 2. The number of hydrogen-bond acceptors (Lipinski definition) is 3. The number of benzene rings is 1. The SMILES string of the molecule is [CH2]c1ncc(-c2cccc(Br)c2Cl)nc1OC. The first kappa shape index (κ1) is 12.3. The second-order valence-electron chi connectivity index (χ2n) is 3.31. The summed E-state index contributed by atoms with van der Waals surface area (Å²) in [7, 11) is 1.53. The van der Waals surface area contributed by atoms with Crippen LogP contribution < -0.4 is 4.74 Å². The van der Waals surface area contributed by atoms with Crippen molar-refractivity contribution in [1.82, 2.24) is 9.97 Å². The number of methoxy groups -OCH3 is 1. The Balaban J connectivity index is 2.57. The molecule has 0 saturated carbocycles. The van der Waals surface area contributed by atoms with Gasteiger partial charge in [0.2, 0.25) is 5.88 Å². The molecule has 1 radical (unpaired) electrons. The van der Waals surface area contributed by atoms with Crippen molar-refractivity contribution in [3.63, 3.8) is 0 Å². The molecule has 0 bridgehead atoms. The fourth-order valence-electron chi connectivity index (χ4n) is 1.39. The van der Waals surface area contributed by atoms with E-state index in [4.69, 9.17) is 16.3 Å². The van der Waals surface area contributed by atoms with E-state index in [1.165, 1.54) is 7.11 Å². The highest BCUT2D eigenvalue weighted by Crippen LogP contribution is 2.33. The molecule has 0 aliphatic carbocycles. The second-order valence-corrected chi connectivity index (χ2v) is 4.54. The maximum atomic E-state index is 6.19. The largest absolute Gasteiger partial charge is 0.480 e. The van der Waals surface area contributed by atoms with Crippen LogP contribution in [0.25, 0.3) is 11.3 Å². The Morgan fingerprint density at radius 2 is 2.18 bits per heavy atom. The predicted molar refractivity (Wildman–Crippen MR) is 71.2 cm³/mol. The van der Waals surface area contributed by atoms with Crippen molar-refractivity contribution in [2.24, 2.45) is 0 Å². The molecule has 0 fully saturated rings. The first-order chi connectivity index (χ1) is 8.13. The Morgan fingerprint density at radius 1 is 1.41 bits per heavy atom. The topological polar surface area (TPSA) is 35.0 Å². The molecular weight excluding hydrogens is 304 g/mol. The van der Waals surface area contributed by atoms with Gasteiger partial charge in [-0.2, -0.15) is 0 Å². The van der Waals surface area contributed by atoms with Gasteiger partial charge in [-0.1, -0.05) is 23.7 Å². The number of ether oxygens (including phenoxy) is 1. The van der Waals surface area contributed by atoms with Crippen LogP contribution >= 0.6 is 27.5 Å². The number of aromatic nitrogens is 2. The van der Waals surface area contributed by atoms with Crippen LogP contribution in [0, 0.1) is 6.92 Å². The van der Waals surface area contributed by atoms with Crippen LogP contribution in [0.4, 0.5) is 0 Å². The van der Waals surface area contributed by atoms with Crippen LogP contribution in [-0.4, -0.2) is 17.1 Å². The van der Waals surface area contributed by atoms with E-state index in [2.05, 4.69) is 32.8 Å². The fraction of sp³-hybridized carbons (Fsp3) is 0.0833. The number of hydrogen-bond donors (Lipinski definition) is 0. The van der Waals surface area contributed by atoms with Crippen molar-refractivity contribution in [2.75, 3.05) is 7.11 Å². The Kier molecular flexibility index (Phi) is 3.64. The quantitative estimate of drug-likeness (QED) is 0.847. The molecule has 0 atom stereocenters. The Morgan fingerprint density at radius 3 is 2.88 bits per heavy atom. The van der Waals surface area contributed by atoms with Crippen molar-refractivity contribution < 1.29 is 4.74 Å². The van der Waals surface area contributed by atoms with Crippen molar-refractivity contribution >= 4 is 27.5 Å². The van der Waals surface area contributed by atoms with Crippen molar-refractivity contribution in [2.45, 2.75) is 0 Å². The van der Waals surface area contributed by atoms with Gasteiger partial charge in [0.1, 0.15) is 5.69 Å². The molecule has 17 heavy (non-hydrogen) atoms. The van der Waals surface area contributed by atoms with Crippen LogP contribution in [0.15, 0.2) is 28.9 Å².